The standard InChI is InChI=1S/C30H37N3O6/c1-30(2,3)39-28(35)32-12-11-21(16-32)23(14-20-9-10-26-24(15-20)25(31)18-37-26)27(34)33-22(17-38-29(33)36)13-19-7-5-4-6-8-19/h4-10,15,21-23,25H,11-14,16-18,31H2,1-3H3/t21-,22-,23-,25?/m0/s1. The van der Waals surface area contributed by atoms with E-state index in [0.29, 0.717) is 39.0 Å². The first-order valence-electron chi connectivity index (χ1n) is 13.6. The number of benzene rings is 2. The lowest BCUT2D eigenvalue weighted by atomic mass is 9.84. The molecule has 2 fully saturated rings. The summed E-state index contributed by atoms with van der Waals surface area (Å²) in [6, 6.07) is 15.0. The normalized spacial score (nSPS) is 23.3. The van der Waals surface area contributed by atoms with Crippen molar-refractivity contribution in [3.05, 3.63) is 65.2 Å². The van der Waals surface area contributed by atoms with E-state index in [2.05, 4.69) is 0 Å². The van der Waals surface area contributed by atoms with Crippen molar-refractivity contribution in [1.82, 2.24) is 9.80 Å². The Bertz CT molecular complexity index is 1230. The Morgan fingerprint density at radius 1 is 1.08 bits per heavy atom. The van der Waals surface area contributed by atoms with Gasteiger partial charge in [-0.1, -0.05) is 42.5 Å². The van der Waals surface area contributed by atoms with Crippen LogP contribution in [0.2, 0.25) is 0 Å². The number of carbonyl (C=O) groups is 3. The van der Waals surface area contributed by atoms with Gasteiger partial charge in [-0.2, -0.15) is 0 Å². The van der Waals surface area contributed by atoms with E-state index in [9.17, 15) is 14.4 Å². The highest BCUT2D eigenvalue weighted by Gasteiger charge is 2.45. The number of nitrogens with two attached hydrogens (primary N) is 1. The Morgan fingerprint density at radius 2 is 1.85 bits per heavy atom. The van der Waals surface area contributed by atoms with Crippen LogP contribution in [0.1, 0.15) is 49.9 Å². The number of nitrogens with zero attached hydrogens (tertiary/aromatic N) is 2. The van der Waals surface area contributed by atoms with Gasteiger partial charge < -0.3 is 24.8 Å². The summed E-state index contributed by atoms with van der Waals surface area (Å²) in [6.07, 6.45) is 0.560. The number of ether oxygens (including phenoxy) is 3. The maximum Gasteiger partial charge on any atom is 0.416 e. The summed E-state index contributed by atoms with van der Waals surface area (Å²) < 4.78 is 16.6. The summed E-state index contributed by atoms with van der Waals surface area (Å²) >= 11 is 0. The lowest BCUT2D eigenvalue weighted by Gasteiger charge is -2.29. The minimum atomic E-state index is -0.614. The predicted octanol–water partition coefficient (Wildman–Crippen LogP) is 4.08. The zero-order chi connectivity index (χ0) is 27.7. The molecule has 39 heavy (non-hydrogen) atoms. The Balaban J connectivity index is 1.40. The van der Waals surface area contributed by atoms with E-state index in [1.807, 2.05) is 69.3 Å². The van der Waals surface area contributed by atoms with Crippen molar-refractivity contribution in [2.24, 2.45) is 17.6 Å². The molecule has 3 heterocycles. The second-order valence-electron chi connectivity index (χ2n) is 11.7. The third-order valence-corrected chi connectivity index (χ3v) is 7.62. The Labute approximate surface area is 229 Å². The molecule has 0 spiro atoms. The topological polar surface area (TPSA) is 111 Å². The minimum Gasteiger partial charge on any atom is -0.491 e. The number of hydrogen-bond acceptors (Lipinski definition) is 7. The van der Waals surface area contributed by atoms with Crippen LogP contribution >= 0.6 is 0 Å². The van der Waals surface area contributed by atoms with Gasteiger partial charge in [0.2, 0.25) is 5.91 Å². The van der Waals surface area contributed by atoms with Gasteiger partial charge in [-0.25, -0.2) is 14.5 Å². The summed E-state index contributed by atoms with van der Waals surface area (Å²) in [5.41, 5.74) is 8.50. The molecule has 0 aromatic heterocycles. The first-order chi connectivity index (χ1) is 18.6. The summed E-state index contributed by atoms with van der Waals surface area (Å²) in [7, 11) is 0. The fourth-order valence-corrected chi connectivity index (χ4v) is 5.68. The van der Waals surface area contributed by atoms with E-state index in [1.54, 1.807) is 4.90 Å². The largest absolute Gasteiger partial charge is 0.491 e. The molecule has 0 saturated carbocycles. The quantitative estimate of drug-likeness (QED) is 0.593. The summed E-state index contributed by atoms with van der Waals surface area (Å²) in [4.78, 5) is 42.8. The summed E-state index contributed by atoms with van der Waals surface area (Å²) in [5.74, 6) is -0.181. The van der Waals surface area contributed by atoms with E-state index in [1.165, 1.54) is 4.90 Å². The first kappa shape index (κ1) is 27.0. The number of amides is 3. The van der Waals surface area contributed by atoms with E-state index in [-0.39, 0.29) is 36.6 Å². The molecule has 0 bridgehead atoms. The van der Waals surface area contributed by atoms with Crippen molar-refractivity contribution in [3.63, 3.8) is 0 Å². The fourth-order valence-electron chi connectivity index (χ4n) is 5.68. The highest BCUT2D eigenvalue weighted by molar-refractivity contribution is 5.95. The molecule has 0 radical (unpaired) electrons. The van der Waals surface area contributed by atoms with Crippen molar-refractivity contribution in [2.45, 2.75) is 57.7 Å². The third-order valence-electron chi connectivity index (χ3n) is 7.62. The predicted molar refractivity (Wildman–Crippen MR) is 144 cm³/mol. The van der Waals surface area contributed by atoms with Crippen LogP contribution < -0.4 is 10.5 Å². The Hall–Kier alpha value is -3.59. The summed E-state index contributed by atoms with van der Waals surface area (Å²) in [5, 5.41) is 0. The molecule has 4 atom stereocenters. The van der Waals surface area contributed by atoms with E-state index in [4.69, 9.17) is 19.9 Å². The third kappa shape index (κ3) is 6.03. The molecular weight excluding hydrogens is 498 g/mol. The van der Waals surface area contributed by atoms with E-state index >= 15 is 0 Å². The lowest BCUT2D eigenvalue weighted by molar-refractivity contribution is -0.135. The average molecular weight is 536 g/mol. The number of carbonyl (C=O) groups excluding carboxylic acids is 3. The molecule has 2 aromatic carbocycles. The molecule has 3 aliphatic heterocycles. The van der Waals surface area contributed by atoms with Crippen LogP contribution in [-0.2, 0) is 27.1 Å². The van der Waals surface area contributed by atoms with Crippen molar-refractivity contribution in [3.8, 4) is 5.75 Å². The number of likely N-dealkylation sites (tertiary alicyclic amines) is 1. The smallest absolute Gasteiger partial charge is 0.416 e. The van der Waals surface area contributed by atoms with Gasteiger partial charge in [0, 0.05) is 24.6 Å². The molecule has 1 unspecified atom stereocenters. The number of imide groups is 1. The number of cyclic esters (lactones) is 1. The van der Waals surface area contributed by atoms with E-state index in [0.717, 1.165) is 22.4 Å². The maximum absolute atomic E-state index is 14.2. The van der Waals surface area contributed by atoms with Gasteiger partial charge in [-0.05, 0) is 63.1 Å². The van der Waals surface area contributed by atoms with Gasteiger partial charge in [0.1, 0.15) is 24.6 Å². The van der Waals surface area contributed by atoms with Crippen LogP contribution in [0, 0.1) is 11.8 Å². The highest BCUT2D eigenvalue weighted by atomic mass is 16.6. The van der Waals surface area contributed by atoms with Crippen LogP contribution in [0.4, 0.5) is 9.59 Å². The van der Waals surface area contributed by atoms with Crippen molar-refractivity contribution in [1.29, 1.82) is 0 Å². The molecule has 9 heteroatoms. The van der Waals surface area contributed by atoms with Crippen LogP contribution in [0.15, 0.2) is 48.5 Å². The fraction of sp³-hybridized carbons (Fsp3) is 0.500. The van der Waals surface area contributed by atoms with Crippen molar-refractivity contribution >= 4 is 18.1 Å². The second kappa shape index (κ2) is 10.9. The number of rotatable bonds is 6. The Kier molecular flexibility index (Phi) is 7.53. The zero-order valence-corrected chi connectivity index (χ0v) is 22.8. The van der Waals surface area contributed by atoms with Gasteiger partial charge >= 0.3 is 12.2 Å². The molecule has 208 valence electrons. The molecule has 2 aromatic rings. The zero-order valence-electron chi connectivity index (χ0n) is 22.8. The second-order valence-corrected chi connectivity index (χ2v) is 11.7. The van der Waals surface area contributed by atoms with Crippen LogP contribution in [-0.4, -0.2) is 65.8 Å². The van der Waals surface area contributed by atoms with E-state index < -0.39 is 17.6 Å². The molecule has 3 amide bonds. The molecule has 0 aliphatic carbocycles. The lowest BCUT2D eigenvalue weighted by Crippen LogP contribution is -2.46. The number of fused-ring (bicyclic) bond motifs is 1. The van der Waals surface area contributed by atoms with Crippen LogP contribution in [0.3, 0.4) is 0 Å². The first-order valence-corrected chi connectivity index (χ1v) is 13.6. The van der Waals surface area contributed by atoms with Gasteiger partial charge in [0.25, 0.3) is 0 Å². The molecule has 2 N–H and O–H groups in total. The van der Waals surface area contributed by atoms with Gasteiger partial charge in [-0.15, -0.1) is 0 Å². The van der Waals surface area contributed by atoms with Gasteiger partial charge in [0.05, 0.1) is 12.1 Å². The molecule has 3 aliphatic rings. The van der Waals surface area contributed by atoms with Crippen LogP contribution in [0.25, 0.3) is 0 Å². The molecular formula is C30H37N3O6. The average Bonchev–Trinajstić information content (AvgIpc) is 3.61. The van der Waals surface area contributed by atoms with Crippen LogP contribution in [0.5, 0.6) is 5.75 Å². The summed E-state index contributed by atoms with van der Waals surface area (Å²) in [6.45, 7) is 6.95. The minimum absolute atomic E-state index is 0.144. The SMILES string of the molecule is CC(C)(C)OC(=O)N1CC[C@H]([C@H](Cc2ccc3c(c2)C(N)CO3)C(=O)N2C(=O)OC[C@@H]2Cc2ccccc2)C1. The Morgan fingerprint density at radius 3 is 2.59 bits per heavy atom. The molecule has 2 saturated heterocycles. The van der Waals surface area contributed by atoms with Gasteiger partial charge in [0.15, 0.2) is 0 Å². The maximum atomic E-state index is 14.2. The van der Waals surface area contributed by atoms with Crippen molar-refractivity contribution < 1.29 is 28.6 Å². The van der Waals surface area contributed by atoms with Gasteiger partial charge in [-0.3, -0.25) is 4.79 Å². The highest BCUT2D eigenvalue weighted by Crippen LogP contribution is 2.35. The molecule has 5 rings (SSSR count). The molecule has 9 nitrogen and oxygen atoms in total. The van der Waals surface area contributed by atoms with Crippen molar-refractivity contribution in [2.75, 3.05) is 26.3 Å². The monoisotopic (exact) mass is 535 g/mol. The number of hydrogen-bond donors (Lipinski definition) is 1.